The van der Waals surface area contributed by atoms with Crippen LogP contribution in [0, 0.1) is 0 Å². The molecule has 2 aromatic heterocycles. The molecule has 0 saturated carbocycles. The summed E-state index contributed by atoms with van der Waals surface area (Å²) in [4.78, 5) is 24.6. The zero-order valence-electron chi connectivity index (χ0n) is 18.5. The van der Waals surface area contributed by atoms with Gasteiger partial charge in [0.25, 0.3) is 0 Å². The highest BCUT2D eigenvalue weighted by Crippen LogP contribution is 2.38. The Labute approximate surface area is 194 Å². The first-order valence-corrected chi connectivity index (χ1v) is 11.2. The molecule has 5 N–H and O–H groups in total. The molecule has 0 amide bonds. The maximum Gasteiger partial charge on any atom is 0.419 e. The zero-order chi connectivity index (χ0) is 24.3. The van der Waals surface area contributed by atoms with Crippen LogP contribution in [0.15, 0.2) is 30.6 Å². The van der Waals surface area contributed by atoms with Gasteiger partial charge in [-0.1, -0.05) is 12.5 Å². The molecule has 3 aromatic rings. The number of nitrogens with two attached hydrogens (primary N) is 1. The Kier molecular flexibility index (Phi) is 7.03. The Balaban J connectivity index is 1.57. The second-order valence-corrected chi connectivity index (χ2v) is 8.50. The number of carbonyl (C=O) groups is 1. The van der Waals surface area contributed by atoms with Crippen molar-refractivity contribution in [2.75, 3.05) is 31.5 Å². The predicted octanol–water partition coefficient (Wildman–Crippen LogP) is 3.96. The molecule has 1 atom stereocenters. The summed E-state index contributed by atoms with van der Waals surface area (Å²) in [6.45, 7) is 3.33. The van der Waals surface area contributed by atoms with Crippen molar-refractivity contribution in [2.24, 2.45) is 5.73 Å². The molecule has 4 rings (SSSR count). The quantitative estimate of drug-likeness (QED) is 0.345. The predicted molar refractivity (Wildman–Crippen MR) is 123 cm³/mol. The van der Waals surface area contributed by atoms with Gasteiger partial charge in [0.05, 0.1) is 11.3 Å². The second kappa shape index (κ2) is 9.98. The summed E-state index contributed by atoms with van der Waals surface area (Å²) in [5.74, 6) is -0.984. The summed E-state index contributed by atoms with van der Waals surface area (Å²) in [6, 6.07) is 4.27. The summed E-state index contributed by atoms with van der Waals surface area (Å²) < 4.78 is 41.3. The molecule has 11 heteroatoms. The molecule has 8 nitrogen and oxygen atoms in total. The lowest BCUT2D eigenvalue weighted by Crippen LogP contribution is -2.28. The highest BCUT2D eigenvalue weighted by Gasteiger charge is 2.36. The number of unbranched alkanes of at least 4 members (excludes halogenated alkanes) is 2. The molecule has 1 aliphatic rings. The van der Waals surface area contributed by atoms with Gasteiger partial charge in [0.2, 0.25) is 5.95 Å². The zero-order valence-corrected chi connectivity index (χ0v) is 18.5. The maximum absolute atomic E-state index is 13.8. The molecule has 0 bridgehead atoms. The third kappa shape index (κ3) is 5.31. The van der Waals surface area contributed by atoms with Crippen LogP contribution in [0.4, 0.5) is 19.1 Å². The van der Waals surface area contributed by atoms with E-state index in [0.29, 0.717) is 17.4 Å². The highest BCUT2D eigenvalue weighted by atomic mass is 19.4. The van der Waals surface area contributed by atoms with Gasteiger partial charge in [0, 0.05) is 48.0 Å². The lowest BCUT2D eigenvalue weighted by atomic mass is 10.0. The lowest BCUT2D eigenvalue weighted by Gasteiger charge is -2.18. The number of nitrogens with zero attached hydrogens (tertiary/aromatic N) is 3. The van der Waals surface area contributed by atoms with Crippen molar-refractivity contribution in [3.63, 3.8) is 0 Å². The number of benzene rings is 1. The van der Waals surface area contributed by atoms with E-state index in [1.54, 1.807) is 0 Å². The largest absolute Gasteiger partial charge is 0.478 e. The van der Waals surface area contributed by atoms with Crippen LogP contribution in [0.25, 0.3) is 22.2 Å². The number of fused-ring (bicyclic) bond motifs is 1. The molecule has 0 aliphatic carbocycles. The third-order valence-corrected chi connectivity index (χ3v) is 6.06. The number of H-pyrrole nitrogens is 1. The number of carboxylic acid groups (broad SMARTS) is 1. The number of aromatic carboxylic acids is 1. The molecule has 34 heavy (non-hydrogen) atoms. The standard InChI is InChI=1S/C23H27F3N6O2/c24-23(25,26)18-12-29-22(30-15-6-9-32(13-15)8-3-1-2-7-27)31-20(18)17-11-28-19-10-14(21(33)34)4-5-16(17)19/h4-5,10-12,15,28H,1-3,6-9,13,27H2,(H,33,34)(H,29,30,31)/t15-/m0/s1. The summed E-state index contributed by atoms with van der Waals surface area (Å²) >= 11 is 0. The molecule has 1 aromatic carbocycles. The number of hydrogen-bond acceptors (Lipinski definition) is 6. The molecule has 0 unspecified atom stereocenters. The SMILES string of the molecule is NCCCCCN1CC[C@H](Nc2ncc(C(F)(F)F)c(-c3c[nH]c4cc(C(=O)O)ccc34)n2)C1. The summed E-state index contributed by atoms with van der Waals surface area (Å²) in [7, 11) is 0. The van der Waals surface area contributed by atoms with E-state index >= 15 is 0 Å². The van der Waals surface area contributed by atoms with Crippen molar-refractivity contribution in [1.82, 2.24) is 19.9 Å². The Morgan fingerprint density at radius 1 is 1.29 bits per heavy atom. The number of rotatable bonds is 9. The summed E-state index contributed by atoms with van der Waals surface area (Å²) in [6.07, 6.45) is 1.56. The number of anilines is 1. The number of carboxylic acids is 1. The van der Waals surface area contributed by atoms with Gasteiger partial charge in [-0.25, -0.2) is 14.8 Å². The second-order valence-electron chi connectivity index (χ2n) is 8.50. The molecule has 1 fully saturated rings. The van der Waals surface area contributed by atoms with E-state index in [1.807, 2.05) is 0 Å². The molecular weight excluding hydrogens is 449 g/mol. The first-order valence-electron chi connectivity index (χ1n) is 11.2. The average Bonchev–Trinajstić information content (AvgIpc) is 3.42. The van der Waals surface area contributed by atoms with Crippen LogP contribution in [0.1, 0.15) is 41.6 Å². The van der Waals surface area contributed by atoms with Crippen molar-refractivity contribution >= 4 is 22.8 Å². The number of nitrogens with one attached hydrogen (secondary N) is 2. The fourth-order valence-electron chi connectivity index (χ4n) is 4.31. The molecule has 0 radical (unpaired) electrons. The van der Waals surface area contributed by atoms with Gasteiger partial charge in [-0.05, 0) is 44.5 Å². The van der Waals surface area contributed by atoms with Crippen molar-refractivity contribution in [1.29, 1.82) is 0 Å². The maximum atomic E-state index is 13.8. The monoisotopic (exact) mass is 476 g/mol. The van der Waals surface area contributed by atoms with E-state index < -0.39 is 17.7 Å². The van der Waals surface area contributed by atoms with Crippen molar-refractivity contribution < 1.29 is 23.1 Å². The molecular formula is C23H27F3N6O2. The number of halogens is 3. The van der Waals surface area contributed by atoms with E-state index in [-0.39, 0.29) is 28.8 Å². The van der Waals surface area contributed by atoms with E-state index in [0.717, 1.165) is 51.5 Å². The van der Waals surface area contributed by atoms with Gasteiger partial charge in [0.1, 0.15) is 5.56 Å². The topological polar surface area (TPSA) is 120 Å². The van der Waals surface area contributed by atoms with Crippen molar-refractivity contribution in [2.45, 2.75) is 37.9 Å². The Morgan fingerprint density at radius 3 is 2.85 bits per heavy atom. The first-order chi connectivity index (χ1) is 16.3. The molecule has 1 saturated heterocycles. The number of aromatic nitrogens is 3. The van der Waals surface area contributed by atoms with Crippen LogP contribution in [0.2, 0.25) is 0 Å². The third-order valence-electron chi connectivity index (χ3n) is 6.06. The minimum absolute atomic E-state index is 0.0378. The van der Waals surface area contributed by atoms with Crippen LogP contribution in [-0.4, -0.2) is 63.1 Å². The van der Waals surface area contributed by atoms with Gasteiger partial charge in [-0.3, -0.25) is 0 Å². The van der Waals surface area contributed by atoms with Gasteiger partial charge in [0.15, 0.2) is 0 Å². The molecule has 3 heterocycles. The Hall–Kier alpha value is -3.18. The number of alkyl halides is 3. The van der Waals surface area contributed by atoms with E-state index in [4.69, 9.17) is 5.73 Å². The Morgan fingerprint density at radius 2 is 2.12 bits per heavy atom. The lowest BCUT2D eigenvalue weighted by molar-refractivity contribution is -0.137. The number of aromatic amines is 1. The Bertz CT molecular complexity index is 1160. The van der Waals surface area contributed by atoms with Gasteiger partial charge < -0.3 is 26.0 Å². The first kappa shape index (κ1) is 24.0. The van der Waals surface area contributed by atoms with Gasteiger partial charge in [-0.2, -0.15) is 13.2 Å². The van der Waals surface area contributed by atoms with Crippen LogP contribution in [-0.2, 0) is 6.18 Å². The fourth-order valence-corrected chi connectivity index (χ4v) is 4.31. The van der Waals surface area contributed by atoms with Crippen LogP contribution in [0.5, 0.6) is 0 Å². The molecule has 1 aliphatic heterocycles. The smallest absolute Gasteiger partial charge is 0.419 e. The minimum Gasteiger partial charge on any atom is -0.478 e. The van der Waals surface area contributed by atoms with E-state index in [2.05, 4.69) is 25.2 Å². The van der Waals surface area contributed by atoms with Crippen LogP contribution < -0.4 is 11.1 Å². The average molecular weight is 477 g/mol. The fraction of sp³-hybridized carbons (Fsp3) is 0.435. The van der Waals surface area contributed by atoms with E-state index in [1.165, 1.54) is 24.4 Å². The van der Waals surface area contributed by atoms with Crippen LogP contribution >= 0.6 is 0 Å². The van der Waals surface area contributed by atoms with Crippen molar-refractivity contribution in [3.05, 3.63) is 41.7 Å². The summed E-state index contributed by atoms with van der Waals surface area (Å²) in [5.41, 5.74) is 5.01. The van der Waals surface area contributed by atoms with Crippen molar-refractivity contribution in [3.8, 4) is 11.3 Å². The normalized spacial score (nSPS) is 16.9. The molecule has 0 spiro atoms. The van der Waals surface area contributed by atoms with Crippen LogP contribution in [0.3, 0.4) is 0 Å². The number of hydrogen-bond donors (Lipinski definition) is 4. The molecule has 182 valence electrons. The van der Waals surface area contributed by atoms with Gasteiger partial charge in [-0.15, -0.1) is 0 Å². The van der Waals surface area contributed by atoms with E-state index in [9.17, 15) is 23.1 Å². The number of likely N-dealkylation sites (tertiary alicyclic amines) is 1. The van der Waals surface area contributed by atoms with Gasteiger partial charge >= 0.3 is 12.1 Å². The highest BCUT2D eigenvalue weighted by molar-refractivity contribution is 5.99. The summed E-state index contributed by atoms with van der Waals surface area (Å²) in [5, 5.41) is 12.8. The minimum atomic E-state index is -4.65.